The third-order valence-corrected chi connectivity index (χ3v) is 2.81. The van der Waals surface area contributed by atoms with Gasteiger partial charge in [-0.15, -0.1) is 24.0 Å². The molecule has 0 atom stereocenters. The van der Waals surface area contributed by atoms with Crippen molar-refractivity contribution < 1.29 is 0 Å². The smallest absolute Gasteiger partial charge is 0.191 e. The molecule has 1 aliphatic carbocycles. The lowest BCUT2D eigenvalue weighted by molar-refractivity contribution is 0.368. The van der Waals surface area contributed by atoms with Crippen LogP contribution in [-0.4, -0.2) is 30.5 Å². The highest BCUT2D eigenvalue weighted by atomic mass is 127. The van der Waals surface area contributed by atoms with Crippen LogP contribution in [0.5, 0.6) is 0 Å². The van der Waals surface area contributed by atoms with Crippen LogP contribution in [0.3, 0.4) is 0 Å². The van der Waals surface area contributed by atoms with E-state index in [1.807, 2.05) is 7.05 Å². The second kappa shape index (κ2) is 6.67. The van der Waals surface area contributed by atoms with Crippen molar-refractivity contribution in [1.29, 1.82) is 0 Å². The normalized spacial score (nSPS) is 16.9. The first kappa shape index (κ1) is 16.0. The first-order valence-corrected chi connectivity index (χ1v) is 5.93. The van der Waals surface area contributed by atoms with E-state index in [2.05, 4.69) is 30.7 Å². The minimum Gasteiger partial charge on any atom is -0.370 e. The van der Waals surface area contributed by atoms with E-state index in [1.165, 1.54) is 19.3 Å². The van der Waals surface area contributed by atoms with E-state index in [9.17, 15) is 0 Å². The van der Waals surface area contributed by atoms with Gasteiger partial charge in [0.25, 0.3) is 0 Å². The van der Waals surface area contributed by atoms with Gasteiger partial charge in [0, 0.05) is 19.6 Å². The molecule has 2 N–H and O–H groups in total. The minimum absolute atomic E-state index is 0. The van der Waals surface area contributed by atoms with E-state index < -0.39 is 0 Å². The number of halogens is 1. The van der Waals surface area contributed by atoms with Crippen LogP contribution in [0.4, 0.5) is 0 Å². The summed E-state index contributed by atoms with van der Waals surface area (Å²) in [5.74, 6) is 0.714. The number of nitrogens with two attached hydrogens (primary N) is 1. The molecule has 3 nitrogen and oxygen atoms in total. The molecule has 0 aromatic rings. The molecule has 0 bridgehead atoms. The van der Waals surface area contributed by atoms with Gasteiger partial charge >= 0.3 is 0 Å². The number of hydrogen-bond donors (Lipinski definition) is 1. The monoisotopic (exact) mass is 339 g/mol. The Labute approximate surface area is 117 Å². The maximum absolute atomic E-state index is 5.88. The molecule has 16 heavy (non-hydrogen) atoms. The zero-order valence-electron chi connectivity index (χ0n) is 11.0. The highest BCUT2D eigenvalue weighted by molar-refractivity contribution is 14.0. The maximum atomic E-state index is 5.88. The van der Waals surface area contributed by atoms with Crippen molar-refractivity contribution in [3.8, 4) is 0 Å². The van der Waals surface area contributed by atoms with Crippen LogP contribution < -0.4 is 5.73 Å². The molecule has 4 heteroatoms. The van der Waals surface area contributed by atoms with E-state index in [0.29, 0.717) is 17.4 Å². The molecule has 0 radical (unpaired) electrons. The third-order valence-electron chi connectivity index (χ3n) is 2.81. The van der Waals surface area contributed by atoms with Crippen LogP contribution in [0.25, 0.3) is 0 Å². The lowest BCUT2D eigenvalue weighted by Crippen LogP contribution is -2.35. The summed E-state index contributed by atoms with van der Waals surface area (Å²) in [4.78, 5) is 6.52. The van der Waals surface area contributed by atoms with E-state index >= 15 is 0 Å². The lowest BCUT2D eigenvalue weighted by atomic mass is 9.91. The molecular formula is C12H26IN3. The molecular weight excluding hydrogens is 313 g/mol. The molecule has 0 saturated heterocycles. The van der Waals surface area contributed by atoms with Gasteiger partial charge in [-0.25, -0.2) is 0 Å². The van der Waals surface area contributed by atoms with Crippen molar-refractivity contribution in [3.63, 3.8) is 0 Å². The van der Waals surface area contributed by atoms with Gasteiger partial charge in [0.15, 0.2) is 5.96 Å². The molecule has 0 heterocycles. The molecule has 96 valence electrons. The highest BCUT2D eigenvalue weighted by Gasteiger charge is 2.27. The summed E-state index contributed by atoms with van der Waals surface area (Å²) in [6.45, 7) is 7.64. The Morgan fingerprint density at radius 2 is 1.94 bits per heavy atom. The fourth-order valence-electron chi connectivity index (χ4n) is 1.56. The van der Waals surface area contributed by atoms with Crippen molar-refractivity contribution in [1.82, 2.24) is 4.90 Å². The van der Waals surface area contributed by atoms with Gasteiger partial charge < -0.3 is 10.6 Å². The molecule has 1 saturated carbocycles. The topological polar surface area (TPSA) is 41.6 Å². The predicted octanol–water partition coefficient (Wildman–Crippen LogP) is 2.84. The van der Waals surface area contributed by atoms with Crippen LogP contribution >= 0.6 is 24.0 Å². The fraction of sp³-hybridized carbons (Fsp3) is 0.917. The van der Waals surface area contributed by atoms with Crippen molar-refractivity contribution in [2.24, 2.45) is 16.1 Å². The van der Waals surface area contributed by atoms with E-state index in [1.54, 1.807) is 0 Å². The van der Waals surface area contributed by atoms with Crippen molar-refractivity contribution in [2.75, 3.05) is 13.6 Å². The van der Waals surface area contributed by atoms with Gasteiger partial charge in [0.2, 0.25) is 0 Å². The van der Waals surface area contributed by atoms with Crippen LogP contribution in [0.15, 0.2) is 4.99 Å². The Morgan fingerprint density at radius 1 is 1.38 bits per heavy atom. The largest absolute Gasteiger partial charge is 0.370 e. The third kappa shape index (κ3) is 6.55. The van der Waals surface area contributed by atoms with Gasteiger partial charge in [0.1, 0.15) is 0 Å². The summed E-state index contributed by atoms with van der Waals surface area (Å²) in [7, 11) is 2.04. The van der Waals surface area contributed by atoms with Gasteiger partial charge in [-0.1, -0.05) is 20.8 Å². The number of nitrogens with zero attached hydrogens (tertiary/aromatic N) is 2. The molecule has 0 aliphatic heterocycles. The predicted molar refractivity (Wildman–Crippen MR) is 81.4 cm³/mol. The zero-order chi connectivity index (χ0) is 11.5. The average molecular weight is 339 g/mol. The van der Waals surface area contributed by atoms with E-state index in [4.69, 9.17) is 5.73 Å². The van der Waals surface area contributed by atoms with E-state index in [0.717, 1.165) is 13.0 Å². The van der Waals surface area contributed by atoms with Gasteiger partial charge in [-0.2, -0.15) is 0 Å². The Bertz CT molecular complexity index is 229. The molecule has 0 aromatic heterocycles. The Morgan fingerprint density at radius 3 is 2.38 bits per heavy atom. The molecule has 1 rings (SSSR count). The van der Waals surface area contributed by atoms with Crippen LogP contribution in [0, 0.1) is 5.41 Å². The van der Waals surface area contributed by atoms with Crippen molar-refractivity contribution in [3.05, 3.63) is 0 Å². The number of aliphatic imine (C=N–C) groups is 1. The van der Waals surface area contributed by atoms with Gasteiger partial charge in [-0.3, -0.25) is 4.99 Å². The summed E-state index contributed by atoms with van der Waals surface area (Å²) in [5.41, 5.74) is 6.29. The molecule has 0 amide bonds. The average Bonchev–Trinajstić information content (AvgIpc) is 2.92. The summed E-state index contributed by atoms with van der Waals surface area (Å²) < 4.78 is 0. The summed E-state index contributed by atoms with van der Waals surface area (Å²) in [6.07, 6.45) is 4.88. The SMILES string of the molecule is CN(C(N)=NCCCC(C)(C)C)C1CC1.I. The van der Waals surface area contributed by atoms with Gasteiger partial charge in [0.05, 0.1) is 0 Å². The highest BCUT2D eigenvalue weighted by Crippen LogP contribution is 2.25. The molecule has 1 aliphatic rings. The summed E-state index contributed by atoms with van der Waals surface area (Å²) >= 11 is 0. The first-order valence-electron chi connectivity index (χ1n) is 5.93. The van der Waals surface area contributed by atoms with Crippen LogP contribution in [0.1, 0.15) is 46.5 Å². The van der Waals surface area contributed by atoms with Crippen LogP contribution in [0.2, 0.25) is 0 Å². The minimum atomic E-state index is 0. The maximum Gasteiger partial charge on any atom is 0.191 e. The summed E-state index contributed by atoms with van der Waals surface area (Å²) in [5, 5.41) is 0. The zero-order valence-corrected chi connectivity index (χ0v) is 13.3. The molecule has 1 fully saturated rings. The van der Waals surface area contributed by atoms with E-state index in [-0.39, 0.29) is 24.0 Å². The van der Waals surface area contributed by atoms with Crippen molar-refractivity contribution >= 4 is 29.9 Å². The second-order valence-corrected chi connectivity index (χ2v) is 5.75. The van der Waals surface area contributed by atoms with Gasteiger partial charge in [-0.05, 0) is 31.1 Å². The first-order chi connectivity index (χ1) is 6.90. The summed E-state index contributed by atoms with van der Waals surface area (Å²) in [6, 6.07) is 0.663. The molecule has 0 spiro atoms. The molecule has 0 aromatic carbocycles. The Balaban J connectivity index is 0.00000225. The molecule has 0 unspecified atom stereocenters. The Hall–Kier alpha value is 0. The second-order valence-electron chi connectivity index (χ2n) is 5.75. The number of rotatable bonds is 4. The lowest BCUT2D eigenvalue weighted by Gasteiger charge is -2.18. The Kier molecular flexibility index (Phi) is 6.67. The standard InChI is InChI=1S/C12H25N3.HI/c1-12(2,3)8-5-9-14-11(13)15(4)10-6-7-10;/h10H,5-9H2,1-4H3,(H2,13,14);1H. The quantitative estimate of drug-likeness (QED) is 0.370. The van der Waals surface area contributed by atoms with Crippen molar-refractivity contribution in [2.45, 2.75) is 52.5 Å². The number of hydrogen-bond acceptors (Lipinski definition) is 1. The fourth-order valence-corrected chi connectivity index (χ4v) is 1.56. The van der Waals surface area contributed by atoms with Crippen LogP contribution in [-0.2, 0) is 0 Å². The number of guanidine groups is 1.